The third-order valence-corrected chi connectivity index (χ3v) is 10.8. The van der Waals surface area contributed by atoms with Crippen molar-refractivity contribution in [2.45, 2.75) is 27.7 Å². The average molecular weight is 397 g/mol. The summed E-state index contributed by atoms with van der Waals surface area (Å²) in [6.45, 7) is 8.87. The van der Waals surface area contributed by atoms with Gasteiger partial charge in [0.2, 0.25) is 0 Å². The molecule has 0 amide bonds. The van der Waals surface area contributed by atoms with Gasteiger partial charge in [0.15, 0.2) is 0 Å². The van der Waals surface area contributed by atoms with Crippen molar-refractivity contribution in [3.8, 4) is 0 Å². The number of hydrogen-bond donors (Lipinski definition) is 0. The van der Waals surface area contributed by atoms with Crippen LogP contribution < -0.4 is 21.2 Å². The molecule has 4 rings (SSSR count). The van der Waals surface area contributed by atoms with Crippen molar-refractivity contribution in [3.63, 3.8) is 0 Å². The van der Waals surface area contributed by atoms with Crippen LogP contribution in [-0.4, -0.2) is 0 Å². The molecule has 0 unspecified atom stereocenters. The normalized spacial score (nSPS) is 12.0. The van der Waals surface area contributed by atoms with Crippen LogP contribution in [0.25, 0.3) is 0 Å². The van der Waals surface area contributed by atoms with Gasteiger partial charge in [-0.1, -0.05) is 0 Å². The Morgan fingerprint density at radius 1 is 0.448 bits per heavy atom. The summed E-state index contributed by atoms with van der Waals surface area (Å²) in [7, 11) is -2.44. The standard InChI is InChI=1S/C28H29P/c1-21-10-7-14-25(18-21)29(26-15-8-11-22(2)19-26,27-16-9-12-23(3)20-27)28-17-6-5-13-24(28)4/h5-20,29H,1-4H3. The fraction of sp³-hybridized carbons (Fsp3) is 0.143. The average Bonchev–Trinajstić information content (AvgIpc) is 2.70. The van der Waals surface area contributed by atoms with Crippen molar-refractivity contribution in [1.29, 1.82) is 0 Å². The predicted octanol–water partition coefficient (Wildman–Crippen LogP) is 5.27. The summed E-state index contributed by atoms with van der Waals surface area (Å²) in [6, 6.07) is 36.5. The van der Waals surface area contributed by atoms with Crippen molar-refractivity contribution in [3.05, 3.63) is 119 Å². The molecule has 0 nitrogen and oxygen atoms in total. The van der Waals surface area contributed by atoms with E-state index in [0.717, 1.165) is 0 Å². The Hall–Kier alpha value is -2.69. The van der Waals surface area contributed by atoms with Gasteiger partial charge in [-0.05, 0) is 0 Å². The van der Waals surface area contributed by atoms with Crippen molar-refractivity contribution in [1.82, 2.24) is 0 Å². The van der Waals surface area contributed by atoms with E-state index in [0.29, 0.717) is 0 Å². The van der Waals surface area contributed by atoms with Gasteiger partial charge < -0.3 is 0 Å². The van der Waals surface area contributed by atoms with Crippen molar-refractivity contribution in [2.75, 3.05) is 0 Å². The Kier molecular flexibility index (Phi) is 5.39. The Labute approximate surface area is 175 Å². The van der Waals surface area contributed by atoms with E-state index in [2.05, 4.69) is 125 Å². The summed E-state index contributed by atoms with van der Waals surface area (Å²) in [5, 5.41) is 5.82. The van der Waals surface area contributed by atoms with Crippen molar-refractivity contribution < 1.29 is 0 Å². The van der Waals surface area contributed by atoms with Crippen LogP contribution in [0, 0.1) is 27.7 Å². The Bertz CT molecular complexity index is 1050. The van der Waals surface area contributed by atoms with E-state index in [-0.39, 0.29) is 0 Å². The van der Waals surface area contributed by atoms with Gasteiger partial charge in [-0.15, -0.1) is 0 Å². The minimum absolute atomic E-state index is 1.31. The molecule has 0 aliphatic rings. The third kappa shape index (κ3) is 3.54. The van der Waals surface area contributed by atoms with Gasteiger partial charge in [-0.25, -0.2) is 0 Å². The van der Waals surface area contributed by atoms with Gasteiger partial charge >= 0.3 is 175 Å². The number of rotatable bonds is 4. The summed E-state index contributed by atoms with van der Waals surface area (Å²) in [5.74, 6) is 0. The zero-order valence-electron chi connectivity index (χ0n) is 17.7. The number of benzene rings is 4. The zero-order chi connectivity index (χ0) is 20.4. The van der Waals surface area contributed by atoms with E-state index >= 15 is 0 Å². The number of hydrogen-bond acceptors (Lipinski definition) is 0. The Balaban J connectivity index is 2.21. The first kappa shape index (κ1) is 19.6. The van der Waals surface area contributed by atoms with Gasteiger partial charge in [0, 0.05) is 0 Å². The molecule has 0 spiro atoms. The second kappa shape index (κ2) is 7.97. The molecule has 4 aromatic rings. The Morgan fingerprint density at radius 2 is 0.862 bits per heavy atom. The summed E-state index contributed by atoms with van der Waals surface area (Å²) in [6.07, 6.45) is 0. The van der Waals surface area contributed by atoms with Crippen LogP contribution in [0.2, 0.25) is 0 Å². The molecule has 1 heteroatoms. The van der Waals surface area contributed by atoms with Crippen LogP contribution in [0.4, 0.5) is 0 Å². The minimum atomic E-state index is -2.44. The fourth-order valence-electron chi connectivity index (χ4n) is 4.60. The molecule has 4 aromatic carbocycles. The first-order valence-electron chi connectivity index (χ1n) is 10.3. The van der Waals surface area contributed by atoms with Crippen LogP contribution in [0.1, 0.15) is 22.3 Å². The van der Waals surface area contributed by atoms with Gasteiger partial charge in [0.25, 0.3) is 0 Å². The van der Waals surface area contributed by atoms with Crippen molar-refractivity contribution in [2.24, 2.45) is 0 Å². The molecule has 0 aromatic heterocycles. The van der Waals surface area contributed by atoms with E-state index < -0.39 is 7.26 Å². The molecule has 146 valence electrons. The van der Waals surface area contributed by atoms with Crippen molar-refractivity contribution >= 4 is 28.5 Å². The van der Waals surface area contributed by atoms with E-state index in [1.165, 1.54) is 43.5 Å². The molecule has 0 saturated carbocycles. The summed E-state index contributed by atoms with van der Waals surface area (Å²) >= 11 is 0. The molecular formula is C28H29P. The summed E-state index contributed by atoms with van der Waals surface area (Å²) < 4.78 is 0. The maximum absolute atomic E-state index is 2.44. The molecule has 0 aliphatic heterocycles. The second-order valence-corrected chi connectivity index (χ2v) is 11.9. The van der Waals surface area contributed by atoms with E-state index in [9.17, 15) is 0 Å². The fourth-order valence-corrected chi connectivity index (χ4v) is 9.92. The third-order valence-electron chi connectivity index (χ3n) is 5.90. The van der Waals surface area contributed by atoms with Gasteiger partial charge in [0.1, 0.15) is 0 Å². The van der Waals surface area contributed by atoms with Gasteiger partial charge in [-0.2, -0.15) is 0 Å². The van der Waals surface area contributed by atoms with E-state index in [4.69, 9.17) is 0 Å². The van der Waals surface area contributed by atoms with E-state index in [1.807, 2.05) is 0 Å². The van der Waals surface area contributed by atoms with E-state index in [1.54, 1.807) is 0 Å². The Morgan fingerprint density at radius 3 is 1.24 bits per heavy atom. The molecule has 0 heterocycles. The van der Waals surface area contributed by atoms with Crippen LogP contribution in [0.15, 0.2) is 97.1 Å². The van der Waals surface area contributed by atoms with Crippen LogP contribution >= 0.6 is 7.26 Å². The zero-order valence-corrected chi connectivity index (χ0v) is 18.7. The molecule has 0 bridgehead atoms. The maximum atomic E-state index is 2.41. The first-order chi connectivity index (χ1) is 14.0. The SMILES string of the molecule is Cc1cccc([PH](c2cccc(C)c2)(c2cccc(C)c2)c2ccccc2C)c1. The summed E-state index contributed by atoms with van der Waals surface area (Å²) in [4.78, 5) is 0. The van der Waals surface area contributed by atoms with Gasteiger partial charge in [0.05, 0.1) is 0 Å². The molecular weight excluding hydrogens is 367 g/mol. The molecule has 0 aliphatic carbocycles. The molecule has 0 atom stereocenters. The predicted molar refractivity (Wildman–Crippen MR) is 132 cm³/mol. The molecule has 29 heavy (non-hydrogen) atoms. The molecule has 0 saturated heterocycles. The van der Waals surface area contributed by atoms with Gasteiger partial charge in [-0.3, -0.25) is 0 Å². The monoisotopic (exact) mass is 396 g/mol. The van der Waals surface area contributed by atoms with Crippen LogP contribution in [0.5, 0.6) is 0 Å². The summed E-state index contributed by atoms with van der Waals surface area (Å²) in [5.41, 5.74) is 5.30. The molecule has 0 radical (unpaired) electrons. The van der Waals surface area contributed by atoms with Crippen LogP contribution in [-0.2, 0) is 0 Å². The van der Waals surface area contributed by atoms with Crippen LogP contribution in [0.3, 0.4) is 0 Å². The quantitative estimate of drug-likeness (QED) is 0.412. The number of aryl methyl sites for hydroxylation is 4. The topological polar surface area (TPSA) is 0 Å². The first-order valence-corrected chi connectivity index (χ1v) is 12.3. The second-order valence-electron chi connectivity index (χ2n) is 8.17. The molecule has 0 N–H and O–H groups in total. The molecule has 0 fully saturated rings.